The first-order valence-electron chi connectivity index (χ1n) is 8.35. The highest BCUT2D eigenvalue weighted by atomic mass is 16.1. The van der Waals surface area contributed by atoms with Crippen molar-refractivity contribution in [3.8, 4) is 5.82 Å². The molecule has 0 aliphatic rings. The number of nitrogens with zero attached hydrogens (tertiary/aromatic N) is 5. The Morgan fingerprint density at radius 1 is 1.15 bits per heavy atom. The van der Waals surface area contributed by atoms with Crippen molar-refractivity contribution in [1.82, 2.24) is 24.3 Å². The van der Waals surface area contributed by atoms with Crippen LogP contribution in [0.15, 0.2) is 61.4 Å². The molecule has 0 saturated heterocycles. The van der Waals surface area contributed by atoms with Crippen molar-refractivity contribution in [3.63, 3.8) is 0 Å². The van der Waals surface area contributed by atoms with Crippen molar-refractivity contribution >= 4 is 22.5 Å². The minimum atomic E-state index is -0.198. The van der Waals surface area contributed by atoms with E-state index in [4.69, 9.17) is 0 Å². The van der Waals surface area contributed by atoms with Crippen LogP contribution in [-0.2, 0) is 0 Å². The van der Waals surface area contributed by atoms with Crippen LogP contribution in [0.25, 0.3) is 16.7 Å². The maximum absolute atomic E-state index is 12.6. The zero-order valence-electron chi connectivity index (χ0n) is 14.5. The number of anilines is 1. The monoisotopic (exact) mass is 346 g/mol. The number of rotatable bonds is 4. The summed E-state index contributed by atoms with van der Waals surface area (Å²) in [6.45, 7) is 4.16. The Bertz CT molecular complexity index is 1060. The van der Waals surface area contributed by atoms with Gasteiger partial charge in [0.1, 0.15) is 12.1 Å². The van der Waals surface area contributed by atoms with E-state index >= 15 is 0 Å². The molecule has 0 atom stereocenters. The molecule has 0 saturated carbocycles. The molecule has 4 aromatic rings. The van der Waals surface area contributed by atoms with E-state index in [1.165, 1.54) is 0 Å². The van der Waals surface area contributed by atoms with Gasteiger partial charge in [-0.2, -0.15) is 5.10 Å². The van der Waals surface area contributed by atoms with E-state index in [1.807, 2.05) is 29.1 Å². The maximum atomic E-state index is 12.6. The Balaban J connectivity index is 1.58. The largest absolute Gasteiger partial charge is 0.322 e. The first kappa shape index (κ1) is 16.0. The van der Waals surface area contributed by atoms with Crippen LogP contribution in [0.2, 0.25) is 0 Å². The number of pyridine rings is 1. The van der Waals surface area contributed by atoms with Crippen LogP contribution < -0.4 is 5.32 Å². The van der Waals surface area contributed by atoms with Gasteiger partial charge >= 0.3 is 0 Å². The molecule has 1 N–H and O–H groups in total. The standard InChI is InChI=1S/C19H18N6O/c1-13(2)25-11-15-3-4-16(10-17(15)23-25)22-19(26)14-5-6-21-18(9-14)24-8-7-20-12-24/h3-13H,1-2H3,(H,22,26). The molecule has 1 amide bonds. The SMILES string of the molecule is CC(C)n1cc2ccc(NC(=O)c3ccnc(-n4ccnc4)c3)cc2n1. The third kappa shape index (κ3) is 3.06. The Kier molecular flexibility index (Phi) is 3.96. The number of amides is 1. The van der Waals surface area contributed by atoms with Crippen LogP contribution in [0.5, 0.6) is 0 Å². The van der Waals surface area contributed by atoms with Crippen molar-refractivity contribution in [2.75, 3.05) is 5.32 Å². The summed E-state index contributed by atoms with van der Waals surface area (Å²) < 4.78 is 3.66. The summed E-state index contributed by atoms with van der Waals surface area (Å²) in [5.41, 5.74) is 2.08. The average Bonchev–Trinajstić information content (AvgIpc) is 3.31. The van der Waals surface area contributed by atoms with Crippen molar-refractivity contribution in [2.45, 2.75) is 19.9 Å². The molecule has 0 unspecified atom stereocenters. The molecule has 130 valence electrons. The number of aromatic nitrogens is 5. The fourth-order valence-corrected chi connectivity index (χ4v) is 2.68. The summed E-state index contributed by atoms with van der Waals surface area (Å²) in [6, 6.07) is 9.42. The smallest absolute Gasteiger partial charge is 0.255 e. The van der Waals surface area contributed by atoms with E-state index in [9.17, 15) is 4.79 Å². The van der Waals surface area contributed by atoms with E-state index in [0.717, 1.165) is 10.9 Å². The second kappa shape index (κ2) is 6.44. The fourth-order valence-electron chi connectivity index (χ4n) is 2.68. The van der Waals surface area contributed by atoms with Crippen molar-refractivity contribution in [3.05, 3.63) is 67.0 Å². The van der Waals surface area contributed by atoms with Gasteiger partial charge in [0.15, 0.2) is 0 Å². The topological polar surface area (TPSA) is 77.6 Å². The second-order valence-electron chi connectivity index (χ2n) is 6.30. The predicted octanol–water partition coefficient (Wildman–Crippen LogP) is 3.45. The molecule has 7 nitrogen and oxygen atoms in total. The molecule has 26 heavy (non-hydrogen) atoms. The minimum absolute atomic E-state index is 0.198. The lowest BCUT2D eigenvalue weighted by molar-refractivity contribution is 0.102. The molecular formula is C19H18N6O. The van der Waals surface area contributed by atoms with Crippen LogP contribution in [0.4, 0.5) is 5.69 Å². The third-order valence-corrected chi connectivity index (χ3v) is 4.09. The maximum Gasteiger partial charge on any atom is 0.255 e. The van der Waals surface area contributed by atoms with Crippen LogP contribution in [0.1, 0.15) is 30.2 Å². The number of hydrogen-bond acceptors (Lipinski definition) is 4. The summed E-state index contributed by atoms with van der Waals surface area (Å²) in [4.78, 5) is 20.9. The Labute approximate surface area is 150 Å². The molecule has 4 rings (SSSR count). The zero-order chi connectivity index (χ0) is 18.1. The number of imidazole rings is 1. The number of carbonyl (C=O) groups excluding carboxylic acids is 1. The third-order valence-electron chi connectivity index (χ3n) is 4.09. The summed E-state index contributed by atoms with van der Waals surface area (Å²) in [7, 11) is 0. The molecule has 0 aliphatic heterocycles. The van der Waals surface area contributed by atoms with E-state index < -0.39 is 0 Å². The average molecular weight is 346 g/mol. The number of nitrogens with one attached hydrogen (secondary N) is 1. The Morgan fingerprint density at radius 3 is 2.81 bits per heavy atom. The summed E-state index contributed by atoms with van der Waals surface area (Å²) in [5, 5.41) is 8.51. The molecule has 0 spiro atoms. The van der Waals surface area contributed by atoms with Crippen LogP contribution in [-0.4, -0.2) is 30.2 Å². The van der Waals surface area contributed by atoms with E-state index in [-0.39, 0.29) is 5.91 Å². The Morgan fingerprint density at radius 2 is 2.04 bits per heavy atom. The van der Waals surface area contributed by atoms with Gasteiger partial charge < -0.3 is 5.32 Å². The number of hydrogen-bond donors (Lipinski definition) is 1. The Hall–Kier alpha value is -3.48. The molecule has 0 aliphatic carbocycles. The number of benzene rings is 1. The molecule has 0 radical (unpaired) electrons. The molecule has 3 aromatic heterocycles. The van der Waals surface area contributed by atoms with Crippen molar-refractivity contribution < 1.29 is 4.79 Å². The highest BCUT2D eigenvalue weighted by Crippen LogP contribution is 2.20. The highest BCUT2D eigenvalue weighted by molar-refractivity contribution is 6.05. The van der Waals surface area contributed by atoms with Gasteiger partial charge in [-0.1, -0.05) is 0 Å². The van der Waals surface area contributed by atoms with Crippen molar-refractivity contribution in [2.24, 2.45) is 0 Å². The summed E-state index contributed by atoms with van der Waals surface area (Å²) in [6.07, 6.45) is 8.70. The van der Waals surface area contributed by atoms with Gasteiger partial charge in [0.25, 0.3) is 5.91 Å². The van der Waals surface area contributed by atoms with Gasteiger partial charge in [0, 0.05) is 47.5 Å². The van der Waals surface area contributed by atoms with Crippen LogP contribution in [0, 0.1) is 0 Å². The fraction of sp³-hybridized carbons (Fsp3) is 0.158. The second-order valence-corrected chi connectivity index (χ2v) is 6.30. The van der Waals surface area contributed by atoms with E-state index in [1.54, 1.807) is 41.6 Å². The van der Waals surface area contributed by atoms with Gasteiger partial charge in [-0.15, -0.1) is 0 Å². The van der Waals surface area contributed by atoms with Crippen molar-refractivity contribution in [1.29, 1.82) is 0 Å². The van der Waals surface area contributed by atoms with Gasteiger partial charge in [-0.25, -0.2) is 9.97 Å². The molecule has 3 heterocycles. The van der Waals surface area contributed by atoms with Crippen LogP contribution in [0.3, 0.4) is 0 Å². The molecule has 0 bridgehead atoms. The van der Waals surface area contributed by atoms with Gasteiger partial charge in [0.05, 0.1) is 5.52 Å². The normalized spacial score (nSPS) is 11.2. The summed E-state index contributed by atoms with van der Waals surface area (Å²) in [5.74, 6) is 0.442. The molecule has 0 fully saturated rings. The number of fused-ring (bicyclic) bond motifs is 1. The minimum Gasteiger partial charge on any atom is -0.322 e. The van der Waals surface area contributed by atoms with Crippen LogP contribution >= 0.6 is 0 Å². The van der Waals surface area contributed by atoms with Gasteiger partial charge in [-0.05, 0) is 44.2 Å². The van der Waals surface area contributed by atoms with E-state index in [0.29, 0.717) is 23.1 Å². The van der Waals surface area contributed by atoms with Gasteiger partial charge in [-0.3, -0.25) is 14.0 Å². The van der Waals surface area contributed by atoms with E-state index in [2.05, 4.69) is 34.2 Å². The summed E-state index contributed by atoms with van der Waals surface area (Å²) >= 11 is 0. The lowest BCUT2D eigenvalue weighted by Crippen LogP contribution is -2.12. The highest BCUT2D eigenvalue weighted by Gasteiger charge is 2.10. The molecule has 1 aromatic carbocycles. The predicted molar refractivity (Wildman–Crippen MR) is 99.4 cm³/mol. The zero-order valence-corrected chi connectivity index (χ0v) is 14.5. The quantitative estimate of drug-likeness (QED) is 0.614. The first-order chi connectivity index (χ1) is 12.6. The molecular weight excluding hydrogens is 328 g/mol. The molecule has 7 heteroatoms. The lowest BCUT2D eigenvalue weighted by atomic mass is 10.2. The van der Waals surface area contributed by atoms with Gasteiger partial charge in [0.2, 0.25) is 0 Å². The lowest BCUT2D eigenvalue weighted by Gasteiger charge is -2.07. The number of carbonyl (C=O) groups is 1. The first-order valence-corrected chi connectivity index (χ1v) is 8.35.